The van der Waals surface area contributed by atoms with E-state index in [4.69, 9.17) is 47.6 Å². The molecular formula is C35H36Cl2N10O3. The number of hydrogen-bond acceptors (Lipinski definition) is 11. The van der Waals surface area contributed by atoms with Gasteiger partial charge >= 0.3 is 0 Å². The van der Waals surface area contributed by atoms with Crippen molar-refractivity contribution < 1.29 is 14.3 Å². The van der Waals surface area contributed by atoms with Gasteiger partial charge in [-0.25, -0.2) is 9.97 Å². The van der Waals surface area contributed by atoms with Gasteiger partial charge in [0.2, 0.25) is 17.7 Å². The topological polar surface area (TPSA) is 156 Å². The molecule has 15 heteroatoms. The lowest BCUT2D eigenvalue weighted by molar-refractivity contribution is -0.119. The molecule has 3 N–H and O–H groups in total. The van der Waals surface area contributed by atoms with Gasteiger partial charge < -0.3 is 25.1 Å². The zero-order valence-electron chi connectivity index (χ0n) is 27.6. The first kappa shape index (κ1) is 33.8. The Morgan fingerprint density at radius 2 is 1.54 bits per heavy atom. The number of halogens is 2. The third-order valence-corrected chi connectivity index (χ3v) is 9.90. The monoisotopic (exact) mass is 714 g/mol. The van der Waals surface area contributed by atoms with Crippen LogP contribution in [0, 0.1) is 0 Å². The van der Waals surface area contributed by atoms with E-state index in [9.17, 15) is 4.79 Å². The first-order chi connectivity index (χ1) is 24.4. The molecule has 3 aromatic heterocycles. The van der Waals surface area contributed by atoms with Gasteiger partial charge in [0.25, 0.3) is 0 Å². The number of nitrogens with one attached hydrogen (secondary N) is 3. The van der Waals surface area contributed by atoms with Crippen LogP contribution in [0.15, 0.2) is 55.1 Å². The van der Waals surface area contributed by atoms with E-state index in [1.165, 1.54) is 0 Å². The fourth-order valence-electron chi connectivity index (χ4n) is 6.51. The quantitative estimate of drug-likeness (QED) is 0.159. The number of methoxy groups -OCH3 is 2. The molecule has 0 spiro atoms. The molecule has 5 aromatic rings. The molecule has 2 aliphatic heterocycles. The second kappa shape index (κ2) is 15.1. The molecule has 2 saturated heterocycles. The van der Waals surface area contributed by atoms with Crippen LogP contribution in [0.2, 0.25) is 10.0 Å². The lowest BCUT2D eigenvalue weighted by atomic mass is 9.98. The second-order valence-electron chi connectivity index (χ2n) is 12.3. The molecule has 2 aliphatic rings. The van der Waals surface area contributed by atoms with Crippen LogP contribution in [0.1, 0.15) is 42.4 Å². The van der Waals surface area contributed by atoms with Gasteiger partial charge in [0.1, 0.15) is 23.5 Å². The average molecular weight is 716 g/mol. The molecular weight excluding hydrogens is 679 g/mol. The third-order valence-electron chi connectivity index (χ3n) is 9.09. The summed E-state index contributed by atoms with van der Waals surface area (Å²) >= 11 is 14.2. The van der Waals surface area contributed by atoms with Crippen molar-refractivity contribution >= 4 is 29.1 Å². The van der Waals surface area contributed by atoms with Crippen LogP contribution in [0.4, 0.5) is 0 Å². The minimum Gasteiger partial charge on any atom is -0.480 e. The maximum absolute atomic E-state index is 11.5. The van der Waals surface area contributed by atoms with Gasteiger partial charge in [-0.2, -0.15) is 0 Å². The number of ether oxygens (including phenoxy) is 2. The maximum Gasteiger partial charge on any atom is 0.237 e. The summed E-state index contributed by atoms with van der Waals surface area (Å²) < 4.78 is 11.3. The van der Waals surface area contributed by atoms with E-state index in [0.29, 0.717) is 82.0 Å². The number of H-pyrrole nitrogens is 1. The Labute approximate surface area is 299 Å². The van der Waals surface area contributed by atoms with Crippen molar-refractivity contribution in [1.82, 2.24) is 50.7 Å². The van der Waals surface area contributed by atoms with Crippen LogP contribution >= 0.6 is 23.2 Å². The molecule has 5 heterocycles. The molecule has 1 amide bonds. The first-order valence-electron chi connectivity index (χ1n) is 16.4. The van der Waals surface area contributed by atoms with Crippen LogP contribution in [-0.4, -0.2) is 85.8 Å². The maximum atomic E-state index is 11.5. The Hall–Kier alpha value is -4.69. The summed E-state index contributed by atoms with van der Waals surface area (Å²) in [5.41, 5.74) is 5.39. The molecule has 2 atom stereocenters. The summed E-state index contributed by atoms with van der Waals surface area (Å²) in [5.74, 6) is 2.13. The summed E-state index contributed by atoms with van der Waals surface area (Å²) in [4.78, 5) is 35.9. The van der Waals surface area contributed by atoms with E-state index in [0.717, 1.165) is 48.6 Å². The highest BCUT2D eigenvalue weighted by Gasteiger charge is 2.28. The normalized spacial score (nSPS) is 17.6. The summed E-state index contributed by atoms with van der Waals surface area (Å²) in [5, 5.41) is 15.3. The molecule has 0 aliphatic carbocycles. The Bertz CT molecular complexity index is 1990. The van der Waals surface area contributed by atoms with Crippen LogP contribution in [0.3, 0.4) is 0 Å². The van der Waals surface area contributed by atoms with Gasteiger partial charge in [-0.3, -0.25) is 19.7 Å². The van der Waals surface area contributed by atoms with E-state index in [1.807, 2.05) is 36.4 Å². The molecule has 13 nitrogen and oxygen atoms in total. The molecule has 2 aromatic carbocycles. The highest BCUT2D eigenvalue weighted by Crippen LogP contribution is 2.42. The SMILES string of the molecule is COc1nc(-c2cccc(-c3cccc(-c4cnc(CN5CCC(c6nnc[nH]6)C5)c(OC)n4)c3Cl)c2Cl)cnc1CNC[C@@H]1CCC(=O)N1. The molecule has 258 valence electrons. The van der Waals surface area contributed by atoms with Gasteiger partial charge in [-0.15, -0.1) is 10.2 Å². The number of likely N-dealkylation sites (tertiary alicyclic amines) is 1. The number of amides is 1. The molecule has 50 heavy (non-hydrogen) atoms. The fourth-order valence-corrected chi connectivity index (χ4v) is 7.16. The Kier molecular flexibility index (Phi) is 10.2. The molecule has 2 fully saturated rings. The number of carbonyl (C=O) groups excluding carboxylic acids is 1. The minimum atomic E-state index is 0.0841. The van der Waals surface area contributed by atoms with Crippen LogP contribution in [0.5, 0.6) is 11.8 Å². The molecule has 1 unspecified atom stereocenters. The fraction of sp³-hybridized carbons (Fsp3) is 0.343. The van der Waals surface area contributed by atoms with Crippen molar-refractivity contribution in [2.75, 3.05) is 33.9 Å². The largest absolute Gasteiger partial charge is 0.480 e. The van der Waals surface area contributed by atoms with Crippen LogP contribution in [0.25, 0.3) is 33.6 Å². The smallest absolute Gasteiger partial charge is 0.237 e. The van der Waals surface area contributed by atoms with E-state index in [1.54, 1.807) is 32.9 Å². The minimum absolute atomic E-state index is 0.0841. The summed E-state index contributed by atoms with van der Waals surface area (Å²) in [6, 6.07) is 11.6. The highest BCUT2D eigenvalue weighted by atomic mass is 35.5. The van der Waals surface area contributed by atoms with Gasteiger partial charge in [-0.1, -0.05) is 59.6 Å². The summed E-state index contributed by atoms with van der Waals surface area (Å²) in [7, 11) is 3.16. The van der Waals surface area contributed by atoms with E-state index >= 15 is 0 Å². The number of carbonyl (C=O) groups is 1. The average Bonchev–Trinajstić information content (AvgIpc) is 3.92. The van der Waals surface area contributed by atoms with Crippen molar-refractivity contribution in [2.24, 2.45) is 0 Å². The first-order valence-corrected chi connectivity index (χ1v) is 17.1. The Morgan fingerprint density at radius 3 is 2.14 bits per heavy atom. The second-order valence-corrected chi connectivity index (χ2v) is 13.0. The molecule has 0 radical (unpaired) electrons. The number of aromatic nitrogens is 7. The number of hydrogen-bond donors (Lipinski definition) is 3. The zero-order valence-corrected chi connectivity index (χ0v) is 29.1. The zero-order chi connectivity index (χ0) is 34.6. The van der Waals surface area contributed by atoms with Crippen molar-refractivity contribution in [1.29, 1.82) is 0 Å². The van der Waals surface area contributed by atoms with Crippen molar-refractivity contribution in [2.45, 2.75) is 44.3 Å². The number of benzene rings is 2. The molecule has 7 rings (SSSR count). The molecule has 0 bridgehead atoms. The Morgan fingerprint density at radius 1 is 0.900 bits per heavy atom. The lowest BCUT2D eigenvalue weighted by Gasteiger charge is -2.17. The molecule has 0 saturated carbocycles. The summed E-state index contributed by atoms with van der Waals surface area (Å²) in [6.07, 6.45) is 7.38. The number of aromatic amines is 1. The van der Waals surface area contributed by atoms with Gasteiger partial charge in [0.05, 0.1) is 48.0 Å². The summed E-state index contributed by atoms with van der Waals surface area (Å²) in [6.45, 7) is 3.43. The number of rotatable bonds is 12. The van der Waals surface area contributed by atoms with E-state index in [-0.39, 0.29) is 11.9 Å². The Balaban J connectivity index is 1.10. The predicted octanol–water partition coefficient (Wildman–Crippen LogP) is 5.07. The van der Waals surface area contributed by atoms with Gasteiger partial charge in [0, 0.05) is 66.8 Å². The van der Waals surface area contributed by atoms with Crippen molar-refractivity contribution in [3.05, 3.63) is 82.4 Å². The number of nitrogens with zero attached hydrogens (tertiary/aromatic N) is 7. The van der Waals surface area contributed by atoms with E-state index in [2.05, 4.69) is 35.7 Å². The highest BCUT2D eigenvalue weighted by molar-refractivity contribution is 6.39. The van der Waals surface area contributed by atoms with Crippen LogP contribution < -0.4 is 20.1 Å². The van der Waals surface area contributed by atoms with Crippen LogP contribution in [-0.2, 0) is 17.9 Å². The van der Waals surface area contributed by atoms with Crippen molar-refractivity contribution in [3.8, 4) is 45.4 Å². The van der Waals surface area contributed by atoms with Gasteiger partial charge in [0.15, 0.2) is 0 Å². The third kappa shape index (κ3) is 7.13. The standard InChI is InChI=1S/C35H36Cl2N10O3/c1-49-34-28(14-38-13-21-9-10-30(48)43-21)39-15-26(44-34)24-7-3-5-22(31(24)36)23-6-4-8-25(32(23)37)27-16-40-29(35(45-27)50-2)18-47-12-11-20(17-47)33-41-19-42-46-33/h3-8,15-16,19-21,38H,9-14,17-18H2,1-2H3,(H,43,48)(H,41,42,46)/t20?,21-/m0/s1. The predicted molar refractivity (Wildman–Crippen MR) is 189 cm³/mol. The van der Waals surface area contributed by atoms with Crippen molar-refractivity contribution in [3.63, 3.8) is 0 Å². The lowest BCUT2D eigenvalue weighted by Crippen LogP contribution is -2.35. The van der Waals surface area contributed by atoms with E-state index < -0.39 is 0 Å². The van der Waals surface area contributed by atoms with Gasteiger partial charge in [-0.05, 0) is 19.4 Å².